The summed E-state index contributed by atoms with van der Waals surface area (Å²) >= 11 is 0. The van der Waals surface area contributed by atoms with Crippen LogP contribution in [0.15, 0.2) is 18.2 Å². The van der Waals surface area contributed by atoms with Gasteiger partial charge in [-0.25, -0.2) is 0 Å². The van der Waals surface area contributed by atoms with E-state index in [1.54, 1.807) is 21.3 Å². The fourth-order valence-corrected chi connectivity index (χ4v) is 1.63. The lowest BCUT2D eigenvalue weighted by molar-refractivity contribution is 0.198. The minimum absolute atomic E-state index is 0.608. The Bertz CT molecular complexity index is 335. The maximum Gasteiger partial charge on any atom is 0.203 e. The van der Waals surface area contributed by atoms with Crippen molar-refractivity contribution < 1.29 is 18.9 Å². The lowest BCUT2D eigenvalue weighted by Crippen LogP contribution is -2.21. The van der Waals surface area contributed by atoms with Crippen molar-refractivity contribution >= 4 is 0 Å². The van der Waals surface area contributed by atoms with Gasteiger partial charge in [-0.05, 0) is 25.1 Å². The summed E-state index contributed by atoms with van der Waals surface area (Å²) in [5.41, 5.74) is 0. The molecule has 0 fully saturated rings. The normalized spacial score (nSPS) is 10.3. The Morgan fingerprint density at radius 2 is 1.63 bits per heavy atom. The summed E-state index contributed by atoms with van der Waals surface area (Å²) in [4.78, 5) is 0. The maximum absolute atomic E-state index is 5.74. The van der Waals surface area contributed by atoms with Crippen molar-refractivity contribution in [2.45, 2.75) is 6.42 Å². The monoisotopic (exact) mass is 269 g/mol. The maximum atomic E-state index is 5.74. The molecule has 0 heterocycles. The SMILES string of the molecule is COCCNCCCOc1c(OC)cccc1OC. The van der Waals surface area contributed by atoms with Gasteiger partial charge in [-0.15, -0.1) is 0 Å². The predicted octanol–water partition coefficient (Wildman–Crippen LogP) is 1.71. The molecule has 0 aliphatic heterocycles. The highest BCUT2D eigenvalue weighted by Crippen LogP contribution is 2.36. The number of para-hydroxylation sites is 1. The zero-order valence-electron chi connectivity index (χ0n) is 11.9. The van der Waals surface area contributed by atoms with Crippen molar-refractivity contribution in [1.82, 2.24) is 5.32 Å². The van der Waals surface area contributed by atoms with Crippen LogP contribution in [0.5, 0.6) is 17.2 Å². The molecule has 0 aliphatic carbocycles. The van der Waals surface area contributed by atoms with Crippen molar-refractivity contribution in [2.75, 3.05) is 47.6 Å². The third kappa shape index (κ3) is 5.36. The van der Waals surface area contributed by atoms with Crippen LogP contribution in [0.4, 0.5) is 0 Å². The van der Waals surface area contributed by atoms with Gasteiger partial charge in [0.2, 0.25) is 5.75 Å². The summed E-state index contributed by atoms with van der Waals surface area (Å²) in [6.45, 7) is 3.08. The van der Waals surface area contributed by atoms with E-state index < -0.39 is 0 Å². The summed E-state index contributed by atoms with van der Waals surface area (Å²) < 4.78 is 21.2. The van der Waals surface area contributed by atoms with E-state index in [2.05, 4.69) is 5.32 Å². The van der Waals surface area contributed by atoms with E-state index in [1.165, 1.54) is 0 Å². The van der Waals surface area contributed by atoms with Crippen LogP contribution in [-0.4, -0.2) is 47.6 Å². The summed E-state index contributed by atoms with van der Waals surface area (Å²) in [5, 5.41) is 3.26. The van der Waals surface area contributed by atoms with Crippen molar-refractivity contribution in [3.63, 3.8) is 0 Å². The first-order valence-electron chi connectivity index (χ1n) is 6.37. The van der Waals surface area contributed by atoms with Gasteiger partial charge < -0.3 is 24.3 Å². The Hall–Kier alpha value is -1.46. The molecule has 0 aliphatic rings. The minimum Gasteiger partial charge on any atom is -0.493 e. The molecule has 0 unspecified atom stereocenters. The first-order valence-corrected chi connectivity index (χ1v) is 6.37. The summed E-state index contributed by atoms with van der Waals surface area (Å²) in [6.07, 6.45) is 0.908. The zero-order valence-corrected chi connectivity index (χ0v) is 11.9. The molecule has 0 atom stereocenters. The van der Waals surface area contributed by atoms with Gasteiger partial charge in [0.1, 0.15) is 0 Å². The van der Waals surface area contributed by atoms with Crippen LogP contribution in [0.1, 0.15) is 6.42 Å². The molecule has 0 aromatic heterocycles. The fraction of sp³-hybridized carbons (Fsp3) is 0.571. The van der Waals surface area contributed by atoms with Crippen LogP contribution in [-0.2, 0) is 4.74 Å². The first-order chi connectivity index (χ1) is 9.33. The molecule has 1 N–H and O–H groups in total. The number of hydrogen-bond donors (Lipinski definition) is 1. The minimum atomic E-state index is 0.608. The van der Waals surface area contributed by atoms with E-state index in [-0.39, 0.29) is 0 Å². The highest BCUT2D eigenvalue weighted by Gasteiger charge is 2.10. The molecule has 1 aromatic rings. The number of benzene rings is 1. The van der Waals surface area contributed by atoms with Crippen LogP contribution in [0, 0.1) is 0 Å². The van der Waals surface area contributed by atoms with Gasteiger partial charge in [-0.3, -0.25) is 0 Å². The number of ether oxygens (including phenoxy) is 4. The Balaban J connectivity index is 2.35. The fourth-order valence-electron chi connectivity index (χ4n) is 1.63. The van der Waals surface area contributed by atoms with Crippen molar-refractivity contribution in [3.8, 4) is 17.2 Å². The van der Waals surface area contributed by atoms with Gasteiger partial charge in [-0.2, -0.15) is 0 Å². The molecule has 0 spiro atoms. The predicted molar refractivity (Wildman–Crippen MR) is 74.4 cm³/mol. The first kappa shape index (κ1) is 15.6. The zero-order chi connectivity index (χ0) is 13.9. The molecule has 19 heavy (non-hydrogen) atoms. The highest BCUT2D eigenvalue weighted by molar-refractivity contribution is 5.51. The highest BCUT2D eigenvalue weighted by atomic mass is 16.5. The van der Waals surface area contributed by atoms with Crippen LogP contribution >= 0.6 is 0 Å². The van der Waals surface area contributed by atoms with Crippen LogP contribution in [0.25, 0.3) is 0 Å². The summed E-state index contributed by atoms with van der Waals surface area (Å²) in [7, 11) is 4.93. The van der Waals surface area contributed by atoms with Crippen molar-refractivity contribution in [2.24, 2.45) is 0 Å². The lowest BCUT2D eigenvalue weighted by Gasteiger charge is -2.14. The molecular weight excluding hydrogens is 246 g/mol. The molecule has 0 radical (unpaired) electrons. The van der Waals surface area contributed by atoms with Crippen molar-refractivity contribution in [1.29, 1.82) is 0 Å². The average molecular weight is 269 g/mol. The Labute approximate surface area is 114 Å². The third-order valence-corrected chi connectivity index (χ3v) is 2.61. The lowest BCUT2D eigenvalue weighted by atomic mass is 10.3. The second kappa shape index (κ2) is 9.47. The molecule has 0 amide bonds. The molecule has 5 heteroatoms. The van der Waals surface area contributed by atoms with Crippen LogP contribution in [0.2, 0.25) is 0 Å². The Morgan fingerprint density at radius 1 is 0.947 bits per heavy atom. The second-order valence-electron chi connectivity index (χ2n) is 3.94. The second-order valence-corrected chi connectivity index (χ2v) is 3.94. The molecule has 5 nitrogen and oxygen atoms in total. The van der Waals surface area contributed by atoms with E-state index in [9.17, 15) is 0 Å². The van der Waals surface area contributed by atoms with E-state index in [0.717, 1.165) is 26.1 Å². The van der Waals surface area contributed by atoms with Gasteiger partial charge in [0, 0.05) is 13.7 Å². The van der Waals surface area contributed by atoms with Crippen LogP contribution < -0.4 is 19.5 Å². The summed E-state index contributed by atoms with van der Waals surface area (Å²) in [6, 6.07) is 5.58. The van der Waals surface area contributed by atoms with E-state index in [0.29, 0.717) is 23.9 Å². The van der Waals surface area contributed by atoms with Gasteiger partial charge >= 0.3 is 0 Å². The van der Waals surface area contributed by atoms with E-state index in [4.69, 9.17) is 18.9 Å². The van der Waals surface area contributed by atoms with Gasteiger partial charge in [0.25, 0.3) is 0 Å². The van der Waals surface area contributed by atoms with E-state index in [1.807, 2.05) is 18.2 Å². The quantitative estimate of drug-likeness (QED) is 0.655. The molecule has 1 aromatic carbocycles. The molecule has 0 saturated heterocycles. The number of rotatable bonds is 10. The van der Waals surface area contributed by atoms with Gasteiger partial charge in [0.15, 0.2) is 11.5 Å². The Kier molecular flexibility index (Phi) is 7.77. The molecular formula is C14H23NO4. The van der Waals surface area contributed by atoms with Crippen LogP contribution in [0.3, 0.4) is 0 Å². The Morgan fingerprint density at radius 3 is 2.21 bits per heavy atom. The molecule has 0 bridgehead atoms. The average Bonchev–Trinajstić information content (AvgIpc) is 2.46. The molecule has 0 saturated carbocycles. The smallest absolute Gasteiger partial charge is 0.203 e. The third-order valence-electron chi connectivity index (χ3n) is 2.61. The molecule has 108 valence electrons. The standard InChI is InChI=1S/C14H23NO4/c1-16-11-9-15-8-5-10-19-14-12(17-2)6-4-7-13(14)18-3/h4,6-7,15H,5,8-11H2,1-3H3. The van der Waals surface area contributed by atoms with Crippen molar-refractivity contribution in [3.05, 3.63) is 18.2 Å². The van der Waals surface area contributed by atoms with Gasteiger partial charge in [-0.1, -0.05) is 6.07 Å². The number of nitrogens with one attached hydrogen (secondary N) is 1. The van der Waals surface area contributed by atoms with Gasteiger partial charge in [0.05, 0.1) is 27.4 Å². The topological polar surface area (TPSA) is 49.0 Å². The molecule has 1 rings (SSSR count). The number of methoxy groups -OCH3 is 3. The largest absolute Gasteiger partial charge is 0.493 e. The van der Waals surface area contributed by atoms with E-state index >= 15 is 0 Å². The number of hydrogen-bond acceptors (Lipinski definition) is 5. The summed E-state index contributed by atoms with van der Waals surface area (Å²) in [5.74, 6) is 2.03.